The Kier molecular flexibility index (Phi) is 3.68. The van der Waals surface area contributed by atoms with Gasteiger partial charge in [0.1, 0.15) is 0 Å². The average molecular weight is 216 g/mol. The number of benzene rings is 1. The fourth-order valence-corrected chi connectivity index (χ4v) is 3.33. The van der Waals surface area contributed by atoms with Crippen LogP contribution >= 0.6 is 0 Å². The summed E-state index contributed by atoms with van der Waals surface area (Å²) in [6, 6.07) is 7.09. The lowest BCUT2D eigenvalue weighted by Gasteiger charge is -2.31. The van der Waals surface area contributed by atoms with E-state index in [1.807, 2.05) is 0 Å². The van der Waals surface area contributed by atoms with Crippen molar-refractivity contribution in [3.63, 3.8) is 0 Å². The van der Waals surface area contributed by atoms with Crippen LogP contribution in [0, 0.1) is 12.8 Å². The van der Waals surface area contributed by atoms with Crippen LogP contribution in [0.1, 0.15) is 62.1 Å². The molecule has 1 aliphatic carbocycles. The molecule has 0 bridgehead atoms. The molecule has 0 aromatic heterocycles. The zero-order valence-corrected chi connectivity index (χ0v) is 10.9. The van der Waals surface area contributed by atoms with Crippen molar-refractivity contribution < 1.29 is 0 Å². The predicted molar refractivity (Wildman–Crippen MR) is 70.9 cm³/mol. The Balaban J connectivity index is 2.32. The minimum Gasteiger partial charge on any atom is -0.0651 e. The van der Waals surface area contributed by atoms with Gasteiger partial charge in [-0.3, -0.25) is 0 Å². The first-order chi connectivity index (χ1) is 7.76. The highest BCUT2D eigenvalue weighted by Crippen LogP contribution is 2.39. The lowest BCUT2D eigenvalue weighted by Crippen LogP contribution is -2.17. The first-order valence-corrected chi connectivity index (χ1v) is 6.85. The summed E-state index contributed by atoms with van der Waals surface area (Å²) in [6.45, 7) is 6.90. The molecule has 0 N–H and O–H groups in total. The van der Waals surface area contributed by atoms with Gasteiger partial charge in [0, 0.05) is 0 Å². The van der Waals surface area contributed by atoms with Gasteiger partial charge in [-0.05, 0) is 49.1 Å². The maximum absolute atomic E-state index is 2.41. The van der Waals surface area contributed by atoms with E-state index in [4.69, 9.17) is 0 Å². The third-order valence-corrected chi connectivity index (χ3v) is 4.28. The maximum Gasteiger partial charge on any atom is -0.0131 e. The third kappa shape index (κ3) is 2.16. The standard InChI is InChI=1S/C16H24/c1-4-13(5-2)15-8-6-7-14-11-12(3)9-10-16(14)15/h9-11,13,15H,4-8H2,1-3H3. The van der Waals surface area contributed by atoms with Crippen LogP contribution in [-0.4, -0.2) is 0 Å². The summed E-state index contributed by atoms with van der Waals surface area (Å²) >= 11 is 0. The Labute approximate surface area is 100 Å². The van der Waals surface area contributed by atoms with E-state index < -0.39 is 0 Å². The fraction of sp³-hybridized carbons (Fsp3) is 0.625. The van der Waals surface area contributed by atoms with Crippen molar-refractivity contribution in [3.8, 4) is 0 Å². The van der Waals surface area contributed by atoms with E-state index in [1.165, 1.54) is 37.7 Å². The van der Waals surface area contributed by atoms with Crippen molar-refractivity contribution in [1.82, 2.24) is 0 Å². The lowest BCUT2D eigenvalue weighted by molar-refractivity contribution is 0.358. The minimum absolute atomic E-state index is 0.833. The molecule has 0 heterocycles. The second-order valence-electron chi connectivity index (χ2n) is 5.28. The van der Waals surface area contributed by atoms with E-state index in [9.17, 15) is 0 Å². The van der Waals surface area contributed by atoms with Gasteiger partial charge in [0.05, 0.1) is 0 Å². The molecule has 0 radical (unpaired) electrons. The molecule has 0 saturated carbocycles. The molecule has 0 spiro atoms. The Morgan fingerprint density at radius 2 is 2.00 bits per heavy atom. The highest BCUT2D eigenvalue weighted by Gasteiger charge is 2.25. The molecule has 88 valence electrons. The normalized spacial score (nSPS) is 19.9. The zero-order valence-electron chi connectivity index (χ0n) is 10.9. The number of rotatable bonds is 3. The Morgan fingerprint density at radius 1 is 1.25 bits per heavy atom. The summed E-state index contributed by atoms with van der Waals surface area (Å²) in [5.41, 5.74) is 4.71. The van der Waals surface area contributed by atoms with Gasteiger partial charge in [-0.1, -0.05) is 50.5 Å². The number of hydrogen-bond donors (Lipinski definition) is 0. The monoisotopic (exact) mass is 216 g/mol. The largest absolute Gasteiger partial charge is 0.0651 e. The van der Waals surface area contributed by atoms with Gasteiger partial charge in [-0.2, -0.15) is 0 Å². The summed E-state index contributed by atoms with van der Waals surface area (Å²) in [5, 5.41) is 0. The highest BCUT2D eigenvalue weighted by atomic mass is 14.3. The van der Waals surface area contributed by atoms with Crippen molar-refractivity contribution in [1.29, 1.82) is 0 Å². The molecule has 1 aromatic rings. The van der Waals surface area contributed by atoms with Crippen molar-refractivity contribution in [2.75, 3.05) is 0 Å². The molecule has 1 atom stereocenters. The Bertz CT molecular complexity index is 347. The summed E-state index contributed by atoms with van der Waals surface area (Å²) in [7, 11) is 0. The van der Waals surface area contributed by atoms with E-state index in [2.05, 4.69) is 39.0 Å². The van der Waals surface area contributed by atoms with Crippen LogP contribution in [0.2, 0.25) is 0 Å². The quantitative estimate of drug-likeness (QED) is 0.677. The first kappa shape index (κ1) is 11.7. The van der Waals surface area contributed by atoms with Gasteiger partial charge in [-0.25, -0.2) is 0 Å². The summed E-state index contributed by atoms with van der Waals surface area (Å²) in [4.78, 5) is 0. The topological polar surface area (TPSA) is 0 Å². The second-order valence-corrected chi connectivity index (χ2v) is 5.28. The van der Waals surface area contributed by atoms with Crippen LogP contribution in [0.4, 0.5) is 0 Å². The summed E-state index contributed by atoms with van der Waals surface area (Å²) in [6.07, 6.45) is 6.75. The molecule has 1 aliphatic rings. The fourth-order valence-electron chi connectivity index (χ4n) is 3.33. The van der Waals surface area contributed by atoms with Gasteiger partial charge in [0.25, 0.3) is 0 Å². The van der Waals surface area contributed by atoms with Gasteiger partial charge < -0.3 is 0 Å². The molecule has 0 amide bonds. The molecular weight excluding hydrogens is 192 g/mol. The molecule has 0 aliphatic heterocycles. The van der Waals surface area contributed by atoms with E-state index in [0.29, 0.717) is 0 Å². The van der Waals surface area contributed by atoms with Gasteiger partial charge in [0.15, 0.2) is 0 Å². The molecule has 2 rings (SSSR count). The Morgan fingerprint density at radius 3 is 2.69 bits per heavy atom. The smallest absolute Gasteiger partial charge is 0.0131 e. The molecule has 1 unspecified atom stereocenters. The maximum atomic E-state index is 2.41. The average Bonchev–Trinajstić information content (AvgIpc) is 2.30. The SMILES string of the molecule is CCC(CC)C1CCCc2cc(C)ccc21. The molecule has 0 fully saturated rings. The molecule has 1 aromatic carbocycles. The number of aryl methyl sites for hydroxylation is 2. The van der Waals surface area contributed by atoms with Crippen LogP contribution in [-0.2, 0) is 6.42 Å². The predicted octanol–water partition coefficient (Wildman–Crippen LogP) is 4.85. The van der Waals surface area contributed by atoms with Crippen molar-refractivity contribution in [2.24, 2.45) is 5.92 Å². The van der Waals surface area contributed by atoms with Crippen LogP contribution in [0.3, 0.4) is 0 Å². The molecule has 0 nitrogen and oxygen atoms in total. The molecule has 16 heavy (non-hydrogen) atoms. The van der Waals surface area contributed by atoms with Crippen LogP contribution in [0.25, 0.3) is 0 Å². The zero-order chi connectivity index (χ0) is 11.5. The molecule has 0 heteroatoms. The van der Waals surface area contributed by atoms with Gasteiger partial charge in [-0.15, -0.1) is 0 Å². The molecule has 0 saturated heterocycles. The van der Waals surface area contributed by atoms with Crippen LogP contribution in [0.15, 0.2) is 18.2 Å². The second kappa shape index (κ2) is 5.03. The lowest BCUT2D eigenvalue weighted by atomic mass is 9.73. The van der Waals surface area contributed by atoms with Crippen LogP contribution in [0.5, 0.6) is 0 Å². The third-order valence-electron chi connectivity index (χ3n) is 4.28. The Hall–Kier alpha value is -0.780. The van der Waals surface area contributed by atoms with E-state index >= 15 is 0 Å². The highest BCUT2D eigenvalue weighted by molar-refractivity contribution is 5.36. The minimum atomic E-state index is 0.833. The van der Waals surface area contributed by atoms with Crippen molar-refractivity contribution in [2.45, 2.75) is 58.8 Å². The van der Waals surface area contributed by atoms with E-state index in [-0.39, 0.29) is 0 Å². The van der Waals surface area contributed by atoms with E-state index in [0.717, 1.165) is 11.8 Å². The summed E-state index contributed by atoms with van der Waals surface area (Å²) in [5.74, 6) is 1.72. The van der Waals surface area contributed by atoms with Crippen LogP contribution < -0.4 is 0 Å². The number of hydrogen-bond acceptors (Lipinski definition) is 0. The van der Waals surface area contributed by atoms with Crippen molar-refractivity contribution in [3.05, 3.63) is 34.9 Å². The van der Waals surface area contributed by atoms with Crippen molar-refractivity contribution >= 4 is 0 Å². The van der Waals surface area contributed by atoms with Gasteiger partial charge in [0.2, 0.25) is 0 Å². The molecular formula is C16H24. The van der Waals surface area contributed by atoms with E-state index in [1.54, 1.807) is 11.1 Å². The first-order valence-electron chi connectivity index (χ1n) is 6.85. The van der Waals surface area contributed by atoms with Gasteiger partial charge >= 0.3 is 0 Å². The summed E-state index contributed by atoms with van der Waals surface area (Å²) < 4.78 is 0. The number of fused-ring (bicyclic) bond motifs is 1.